The summed E-state index contributed by atoms with van der Waals surface area (Å²) in [4.78, 5) is 31.3. The molecule has 0 aromatic heterocycles. The van der Waals surface area contributed by atoms with Gasteiger partial charge in [-0.15, -0.1) is 0 Å². The van der Waals surface area contributed by atoms with Crippen molar-refractivity contribution in [3.8, 4) is 11.5 Å². The van der Waals surface area contributed by atoms with E-state index in [2.05, 4.69) is 80.3 Å². The van der Waals surface area contributed by atoms with E-state index >= 15 is 0 Å². The second-order valence-corrected chi connectivity index (χ2v) is 17.2. The van der Waals surface area contributed by atoms with Gasteiger partial charge in [-0.1, -0.05) is 82.6 Å². The number of rotatable bonds is 12. The minimum Gasteiger partial charge on any atom is -0.507 e. The number of ether oxygens (including phenoxy) is 2. The predicted octanol–water partition coefficient (Wildman–Crippen LogP) is 10.00. The topological polar surface area (TPSA) is 123 Å². The first-order chi connectivity index (χ1) is 25.4. The Balaban J connectivity index is 0.000000801. The maximum Gasteiger partial charge on any atom is 0.268 e. The number of halogens is 1. The van der Waals surface area contributed by atoms with Crippen LogP contribution in [0.5, 0.6) is 11.5 Å². The zero-order valence-electron chi connectivity index (χ0n) is 35.1. The zero-order chi connectivity index (χ0) is 40.8. The van der Waals surface area contributed by atoms with Gasteiger partial charge in [0.25, 0.3) is 5.91 Å². The van der Waals surface area contributed by atoms with Crippen LogP contribution in [0.4, 0.5) is 0 Å². The summed E-state index contributed by atoms with van der Waals surface area (Å²) in [7, 11) is 3.22. The Morgan fingerprint density at radius 3 is 2.31 bits per heavy atom. The number of benzene rings is 1. The zero-order valence-corrected chi connectivity index (χ0v) is 36.7. The maximum absolute atomic E-state index is 13.7. The highest BCUT2D eigenvalue weighted by Gasteiger charge is 2.51. The molecule has 0 spiro atoms. The Kier molecular flexibility index (Phi) is 18.8. The Labute approximate surface area is 334 Å². The molecule has 1 aromatic rings. The summed E-state index contributed by atoms with van der Waals surface area (Å²) in [5.41, 5.74) is 15.0. The number of alkyl halides is 1. The molecule has 2 bridgehead atoms. The van der Waals surface area contributed by atoms with Crippen LogP contribution in [0.1, 0.15) is 120 Å². The molecule has 8 nitrogen and oxygen atoms in total. The SMILES string of the molecule is CCC(C)C1=C=C=C(N=C(/C=C(\N)C(=O)NC2(C=O)C(C)CC3CC(C)CC2C3)c2c(O)cccc2OC)C(C(C)C)=C1.CCCCBr.COC(C)(C)C. The van der Waals surface area contributed by atoms with Crippen molar-refractivity contribution in [2.45, 2.75) is 125 Å². The number of methoxy groups -OCH3 is 2. The molecule has 54 heavy (non-hydrogen) atoms. The fourth-order valence-electron chi connectivity index (χ4n) is 7.23. The number of hydrogen-bond acceptors (Lipinski definition) is 7. The van der Waals surface area contributed by atoms with Gasteiger partial charge in [0.2, 0.25) is 0 Å². The molecule has 9 heteroatoms. The minimum absolute atomic E-state index is 0.00726. The fraction of sp³-hybridized carbons (Fsp3) is 0.622. The second kappa shape index (κ2) is 21.7. The van der Waals surface area contributed by atoms with Crippen LogP contribution < -0.4 is 15.8 Å². The van der Waals surface area contributed by atoms with E-state index in [1.54, 1.807) is 19.2 Å². The van der Waals surface area contributed by atoms with Crippen LogP contribution in [-0.2, 0) is 14.3 Å². The largest absolute Gasteiger partial charge is 0.507 e. The number of aromatic hydroxyl groups is 1. The van der Waals surface area contributed by atoms with Crippen LogP contribution in [-0.4, -0.2) is 53.7 Å². The molecule has 4 N–H and O–H groups in total. The first-order valence-electron chi connectivity index (χ1n) is 19.7. The van der Waals surface area contributed by atoms with Gasteiger partial charge < -0.3 is 30.4 Å². The molecule has 4 rings (SSSR count). The van der Waals surface area contributed by atoms with Gasteiger partial charge in [0.05, 0.1) is 29.7 Å². The predicted molar refractivity (Wildman–Crippen MR) is 226 cm³/mol. The van der Waals surface area contributed by atoms with E-state index in [1.807, 2.05) is 27.7 Å². The van der Waals surface area contributed by atoms with Gasteiger partial charge in [0, 0.05) is 18.0 Å². The molecule has 3 aliphatic carbocycles. The second-order valence-electron chi connectivity index (χ2n) is 16.4. The van der Waals surface area contributed by atoms with Crippen molar-refractivity contribution in [2.24, 2.45) is 46.2 Å². The van der Waals surface area contributed by atoms with E-state index in [0.717, 1.165) is 48.4 Å². The lowest BCUT2D eigenvalue weighted by Gasteiger charge is -2.52. The van der Waals surface area contributed by atoms with E-state index in [0.29, 0.717) is 34.8 Å². The highest BCUT2D eigenvalue weighted by molar-refractivity contribution is 9.09. The van der Waals surface area contributed by atoms with Crippen LogP contribution in [0, 0.1) is 35.5 Å². The van der Waals surface area contributed by atoms with E-state index in [-0.39, 0.29) is 40.5 Å². The third-order valence-corrected chi connectivity index (χ3v) is 11.3. The smallest absolute Gasteiger partial charge is 0.268 e. The molecular formula is C45H68BrN3O5. The summed E-state index contributed by atoms with van der Waals surface area (Å²) in [6.07, 6.45) is 11.9. The van der Waals surface area contributed by atoms with Crippen LogP contribution >= 0.6 is 15.9 Å². The van der Waals surface area contributed by atoms with Crippen LogP contribution in [0.25, 0.3) is 0 Å². The number of phenolic OH excluding ortho intramolecular Hbond substituents is 1. The maximum atomic E-state index is 13.7. The van der Waals surface area contributed by atoms with E-state index < -0.39 is 11.4 Å². The van der Waals surface area contributed by atoms with Gasteiger partial charge in [0.15, 0.2) is 0 Å². The lowest BCUT2D eigenvalue weighted by molar-refractivity contribution is -0.132. The van der Waals surface area contributed by atoms with Gasteiger partial charge in [-0.2, -0.15) is 0 Å². The third-order valence-electron chi connectivity index (χ3n) is 10.8. The van der Waals surface area contributed by atoms with Crippen molar-refractivity contribution < 1.29 is 24.2 Å². The molecule has 6 atom stereocenters. The summed E-state index contributed by atoms with van der Waals surface area (Å²) < 4.78 is 10.5. The summed E-state index contributed by atoms with van der Waals surface area (Å²) >= 11 is 3.31. The van der Waals surface area contributed by atoms with Gasteiger partial charge in [-0.25, -0.2) is 4.99 Å². The number of hydrogen-bond donors (Lipinski definition) is 3. The number of phenols is 1. The van der Waals surface area contributed by atoms with Crippen molar-refractivity contribution in [1.29, 1.82) is 0 Å². The number of nitrogens with one attached hydrogen (secondary N) is 1. The molecular weight excluding hydrogens is 742 g/mol. The quantitative estimate of drug-likeness (QED) is 0.0635. The molecule has 2 fully saturated rings. The number of carbonyl (C=O) groups is 2. The first kappa shape index (κ1) is 46.8. The highest BCUT2D eigenvalue weighted by atomic mass is 79.9. The van der Waals surface area contributed by atoms with Gasteiger partial charge >= 0.3 is 0 Å². The van der Waals surface area contributed by atoms with E-state index in [1.165, 1.54) is 38.5 Å². The minimum atomic E-state index is -0.982. The van der Waals surface area contributed by atoms with E-state index in [4.69, 9.17) is 20.2 Å². The normalized spacial score (nSPS) is 24.4. The van der Waals surface area contributed by atoms with Crippen LogP contribution in [0.3, 0.4) is 0 Å². The number of allylic oxidation sites excluding steroid dienone is 4. The molecule has 1 aromatic carbocycles. The highest BCUT2D eigenvalue weighted by Crippen LogP contribution is 2.49. The lowest BCUT2D eigenvalue weighted by atomic mass is 9.57. The third kappa shape index (κ3) is 12.9. The Bertz CT molecular complexity index is 1620. The average molecular weight is 811 g/mol. The molecule has 2 saturated carbocycles. The Hall–Kier alpha value is -3.35. The number of fused-ring (bicyclic) bond motifs is 2. The fourth-order valence-corrected chi connectivity index (χ4v) is 7.79. The number of unbranched alkanes of at least 4 members (excludes halogenated alkanes) is 1. The van der Waals surface area contributed by atoms with Crippen LogP contribution in [0.15, 0.2) is 69.3 Å². The lowest BCUT2D eigenvalue weighted by Crippen LogP contribution is -2.63. The van der Waals surface area contributed by atoms with Crippen molar-refractivity contribution in [1.82, 2.24) is 5.32 Å². The van der Waals surface area contributed by atoms with Gasteiger partial charge in [-0.05, 0) is 130 Å². The number of amides is 1. The van der Waals surface area contributed by atoms with Crippen molar-refractivity contribution in [3.05, 3.63) is 69.9 Å². The van der Waals surface area contributed by atoms with Crippen molar-refractivity contribution in [3.63, 3.8) is 0 Å². The molecule has 0 heterocycles. The molecule has 0 aliphatic heterocycles. The molecule has 0 saturated heterocycles. The molecule has 1 amide bonds. The standard InChI is InChI=1S/C36H47N3O4.C5H12O.C4H9Br/c1-8-23(5)26-12-13-30(28(18-26)21(2)3)38-31(34-32(41)10-9-11-33(34)43-7)19-29(37)35(42)39-36(20-40)24(6)16-25-14-22(4)15-27(36)17-25;1-5(2,3)6-4;1-2-3-4-5/h9-11,18-25,27,41H,8,14-17,37H2,1-7H3,(H,39,42);1-4H3;2-4H2,1H3/b29-19-,38-31?;;. The number of aldehydes is 1. The Morgan fingerprint density at radius 1 is 1.13 bits per heavy atom. The number of nitrogens with two attached hydrogens (primary N) is 1. The monoisotopic (exact) mass is 809 g/mol. The summed E-state index contributed by atoms with van der Waals surface area (Å²) in [6.45, 7) is 21.0. The molecule has 0 radical (unpaired) electrons. The van der Waals surface area contributed by atoms with Gasteiger partial charge in [0.1, 0.15) is 29.0 Å². The summed E-state index contributed by atoms with van der Waals surface area (Å²) in [5.74, 6) is 1.35. The molecule has 3 aliphatic rings. The van der Waals surface area contributed by atoms with Crippen molar-refractivity contribution >= 4 is 33.8 Å². The first-order valence-corrected chi connectivity index (χ1v) is 20.8. The number of aliphatic imine (C=N–C) groups is 1. The Morgan fingerprint density at radius 2 is 1.80 bits per heavy atom. The van der Waals surface area contributed by atoms with Gasteiger partial charge in [-0.3, -0.25) is 4.79 Å². The summed E-state index contributed by atoms with van der Waals surface area (Å²) in [6, 6.07) is 4.92. The average Bonchev–Trinajstić information content (AvgIpc) is 3.12. The van der Waals surface area contributed by atoms with E-state index in [9.17, 15) is 14.7 Å². The molecule has 6 unspecified atom stereocenters. The number of carbonyl (C=O) groups excluding carboxylic acids is 2. The van der Waals surface area contributed by atoms with Crippen LogP contribution in [0.2, 0.25) is 0 Å². The van der Waals surface area contributed by atoms with Crippen molar-refractivity contribution in [2.75, 3.05) is 19.5 Å². The number of nitrogens with zero attached hydrogens (tertiary/aromatic N) is 1. The molecule has 300 valence electrons. The summed E-state index contributed by atoms with van der Waals surface area (Å²) in [5, 5.41) is 15.2.